The lowest BCUT2D eigenvalue weighted by atomic mass is 9.92. The highest BCUT2D eigenvalue weighted by Gasteiger charge is 2.24. The standard InChI is InChI=1S/C10H11F2N/c1-3-10(2,13)9-7(11)5-4-6-8(9)12/h3-6H,1,13H2,2H3/t10-/m0/s1. The molecule has 0 bridgehead atoms. The van der Waals surface area contributed by atoms with Crippen molar-refractivity contribution in [3.05, 3.63) is 48.1 Å². The largest absolute Gasteiger partial charge is 0.318 e. The summed E-state index contributed by atoms with van der Waals surface area (Å²) in [4.78, 5) is 0. The molecule has 1 nitrogen and oxygen atoms in total. The molecule has 1 aromatic rings. The van der Waals surface area contributed by atoms with Crippen LogP contribution in [0.25, 0.3) is 0 Å². The predicted octanol–water partition coefficient (Wildman–Crippen LogP) is 2.32. The fourth-order valence-electron chi connectivity index (χ4n) is 1.11. The first-order valence-electron chi connectivity index (χ1n) is 3.86. The van der Waals surface area contributed by atoms with Gasteiger partial charge in [0.1, 0.15) is 11.6 Å². The van der Waals surface area contributed by atoms with Crippen molar-refractivity contribution in [2.24, 2.45) is 5.73 Å². The van der Waals surface area contributed by atoms with Crippen LogP contribution in [0.4, 0.5) is 8.78 Å². The van der Waals surface area contributed by atoms with Crippen molar-refractivity contribution >= 4 is 0 Å². The minimum atomic E-state index is -1.17. The van der Waals surface area contributed by atoms with Crippen LogP contribution in [0.2, 0.25) is 0 Å². The number of hydrogen-bond donors (Lipinski definition) is 1. The minimum Gasteiger partial charge on any atom is -0.318 e. The van der Waals surface area contributed by atoms with Gasteiger partial charge in [-0.05, 0) is 19.1 Å². The summed E-state index contributed by atoms with van der Waals surface area (Å²) in [6, 6.07) is 3.65. The fraction of sp³-hybridized carbons (Fsp3) is 0.200. The Morgan fingerprint density at radius 1 is 1.38 bits per heavy atom. The van der Waals surface area contributed by atoms with E-state index in [0.29, 0.717) is 0 Å². The topological polar surface area (TPSA) is 26.0 Å². The molecule has 0 aliphatic carbocycles. The van der Waals surface area contributed by atoms with E-state index in [9.17, 15) is 8.78 Å². The Morgan fingerprint density at radius 3 is 2.23 bits per heavy atom. The third-order valence-electron chi connectivity index (χ3n) is 1.93. The molecule has 0 fully saturated rings. The molecule has 0 aliphatic rings. The van der Waals surface area contributed by atoms with Gasteiger partial charge in [-0.2, -0.15) is 0 Å². The van der Waals surface area contributed by atoms with E-state index < -0.39 is 17.2 Å². The summed E-state index contributed by atoms with van der Waals surface area (Å²) in [5.74, 6) is -1.30. The average molecular weight is 183 g/mol. The lowest BCUT2D eigenvalue weighted by molar-refractivity contribution is 0.492. The summed E-state index contributed by atoms with van der Waals surface area (Å²) in [5.41, 5.74) is 4.32. The molecule has 70 valence electrons. The second-order valence-electron chi connectivity index (χ2n) is 3.08. The van der Waals surface area contributed by atoms with Gasteiger partial charge < -0.3 is 5.73 Å². The highest BCUT2D eigenvalue weighted by atomic mass is 19.1. The second-order valence-corrected chi connectivity index (χ2v) is 3.08. The van der Waals surface area contributed by atoms with Crippen molar-refractivity contribution < 1.29 is 8.78 Å². The molecule has 1 rings (SSSR count). The van der Waals surface area contributed by atoms with Gasteiger partial charge in [-0.3, -0.25) is 0 Å². The van der Waals surface area contributed by atoms with Gasteiger partial charge in [0.15, 0.2) is 0 Å². The summed E-state index contributed by atoms with van der Waals surface area (Å²) < 4.78 is 26.3. The summed E-state index contributed by atoms with van der Waals surface area (Å²) in [6.07, 6.45) is 1.31. The number of halogens is 2. The number of rotatable bonds is 2. The van der Waals surface area contributed by atoms with E-state index in [0.717, 1.165) is 0 Å². The van der Waals surface area contributed by atoms with E-state index in [4.69, 9.17) is 5.73 Å². The monoisotopic (exact) mass is 183 g/mol. The van der Waals surface area contributed by atoms with Crippen LogP contribution in [-0.4, -0.2) is 0 Å². The molecule has 0 aromatic heterocycles. The zero-order valence-corrected chi connectivity index (χ0v) is 7.35. The molecular formula is C10H11F2N. The highest BCUT2D eigenvalue weighted by Crippen LogP contribution is 2.24. The van der Waals surface area contributed by atoms with Crippen LogP contribution in [0.15, 0.2) is 30.9 Å². The summed E-state index contributed by atoms with van der Waals surface area (Å²) in [6.45, 7) is 4.93. The van der Waals surface area contributed by atoms with Crippen molar-refractivity contribution in [1.29, 1.82) is 0 Å². The van der Waals surface area contributed by atoms with Crippen LogP contribution < -0.4 is 5.73 Å². The Labute approximate surface area is 75.9 Å². The van der Waals surface area contributed by atoms with Gasteiger partial charge in [-0.25, -0.2) is 8.78 Å². The normalized spacial score (nSPS) is 15.1. The molecule has 0 heterocycles. The van der Waals surface area contributed by atoms with Crippen molar-refractivity contribution in [2.75, 3.05) is 0 Å². The number of nitrogens with two attached hydrogens (primary N) is 1. The van der Waals surface area contributed by atoms with Gasteiger partial charge >= 0.3 is 0 Å². The number of benzene rings is 1. The Balaban J connectivity index is 3.36. The second kappa shape index (κ2) is 3.26. The van der Waals surface area contributed by atoms with Gasteiger partial charge in [-0.15, -0.1) is 6.58 Å². The van der Waals surface area contributed by atoms with Gasteiger partial charge in [0.25, 0.3) is 0 Å². The molecule has 0 radical (unpaired) electrons. The van der Waals surface area contributed by atoms with E-state index in [1.54, 1.807) is 0 Å². The van der Waals surface area contributed by atoms with Crippen LogP contribution >= 0.6 is 0 Å². The zero-order valence-electron chi connectivity index (χ0n) is 7.35. The van der Waals surface area contributed by atoms with Gasteiger partial charge in [-0.1, -0.05) is 12.1 Å². The fourth-order valence-corrected chi connectivity index (χ4v) is 1.11. The maximum atomic E-state index is 13.2. The van der Waals surface area contributed by atoms with Crippen LogP contribution in [0.1, 0.15) is 12.5 Å². The van der Waals surface area contributed by atoms with E-state index in [-0.39, 0.29) is 5.56 Å². The van der Waals surface area contributed by atoms with Crippen LogP contribution in [0.5, 0.6) is 0 Å². The molecule has 0 saturated heterocycles. The van der Waals surface area contributed by atoms with E-state index in [1.165, 1.54) is 31.2 Å². The van der Waals surface area contributed by atoms with E-state index >= 15 is 0 Å². The molecule has 0 aliphatic heterocycles. The third kappa shape index (κ3) is 1.75. The lowest BCUT2D eigenvalue weighted by Gasteiger charge is -2.21. The summed E-state index contributed by atoms with van der Waals surface area (Å²) in [7, 11) is 0. The maximum Gasteiger partial charge on any atom is 0.131 e. The summed E-state index contributed by atoms with van der Waals surface area (Å²) in [5, 5.41) is 0. The van der Waals surface area contributed by atoms with Crippen LogP contribution in [0.3, 0.4) is 0 Å². The van der Waals surface area contributed by atoms with Crippen molar-refractivity contribution in [3.63, 3.8) is 0 Å². The molecule has 0 unspecified atom stereocenters. The average Bonchev–Trinajstić information content (AvgIpc) is 2.03. The Bertz CT molecular complexity index is 311. The Hall–Kier alpha value is -1.22. The van der Waals surface area contributed by atoms with Crippen molar-refractivity contribution in [3.8, 4) is 0 Å². The Morgan fingerprint density at radius 2 is 1.85 bits per heavy atom. The maximum absolute atomic E-state index is 13.2. The van der Waals surface area contributed by atoms with Gasteiger partial charge in [0, 0.05) is 5.56 Å². The molecule has 1 aromatic carbocycles. The lowest BCUT2D eigenvalue weighted by Crippen LogP contribution is -2.32. The van der Waals surface area contributed by atoms with Gasteiger partial charge in [0.2, 0.25) is 0 Å². The van der Waals surface area contributed by atoms with Crippen molar-refractivity contribution in [2.45, 2.75) is 12.5 Å². The quantitative estimate of drug-likeness (QED) is 0.699. The smallest absolute Gasteiger partial charge is 0.131 e. The predicted molar refractivity (Wildman–Crippen MR) is 48.1 cm³/mol. The highest BCUT2D eigenvalue weighted by molar-refractivity contribution is 5.30. The first-order valence-corrected chi connectivity index (χ1v) is 3.86. The van der Waals surface area contributed by atoms with E-state index in [1.807, 2.05) is 0 Å². The molecule has 0 amide bonds. The molecule has 3 heteroatoms. The van der Waals surface area contributed by atoms with Crippen LogP contribution in [-0.2, 0) is 5.54 Å². The molecule has 1 atom stereocenters. The van der Waals surface area contributed by atoms with Crippen molar-refractivity contribution in [1.82, 2.24) is 0 Å². The SMILES string of the molecule is C=C[C@](C)(N)c1c(F)cccc1F. The third-order valence-corrected chi connectivity index (χ3v) is 1.93. The molecule has 0 spiro atoms. The first kappa shape index (κ1) is 9.86. The minimum absolute atomic E-state index is 0.148. The molecule has 13 heavy (non-hydrogen) atoms. The molecular weight excluding hydrogens is 172 g/mol. The summed E-state index contributed by atoms with van der Waals surface area (Å²) >= 11 is 0. The first-order chi connectivity index (χ1) is 5.99. The molecule has 0 saturated carbocycles. The Kier molecular flexibility index (Phi) is 2.48. The van der Waals surface area contributed by atoms with Crippen LogP contribution in [0, 0.1) is 11.6 Å². The van der Waals surface area contributed by atoms with Gasteiger partial charge in [0.05, 0.1) is 5.54 Å². The number of hydrogen-bond acceptors (Lipinski definition) is 1. The van der Waals surface area contributed by atoms with E-state index in [2.05, 4.69) is 6.58 Å². The molecule has 2 N–H and O–H groups in total. The zero-order chi connectivity index (χ0) is 10.1.